The number of ether oxygens (including phenoxy) is 1. The van der Waals surface area contributed by atoms with Crippen LogP contribution in [0.3, 0.4) is 0 Å². The molecule has 0 atom stereocenters. The fourth-order valence-corrected chi connectivity index (χ4v) is 5.69. The monoisotopic (exact) mass is 357 g/mol. The van der Waals surface area contributed by atoms with E-state index in [2.05, 4.69) is 4.90 Å². The number of rotatable bonds is 3. The molecule has 0 amide bonds. The van der Waals surface area contributed by atoms with Gasteiger partial charge in [0.25, 0.3) is 0 Å². The standard InChI is InChI=1S/C17H24ClNO3S/c1-22-15-4-2-3-14(16(15)18)13-19-9-5-17(6-10-19)7-11-23(20,21)12-8-17/h2-4H,5-13H2,1H3. The van der Waals surface area contributed by atoms with Gasteiger partial charge in [-0.25, -0.2) is 8.42 Å². The smallest absolute Gasteiger partial charge is 0.150 e. The van der Waals surface area contributed by atoms with Crippen LogP contribution in [-0.4, -0.2) is 45.0 Å². The van der Waals surface area contributed by atoms with Gasteiger partial charge >= 0.3 is 0 Å². The third kappa shape index (κ3) is 3.83. The van der Waals surface area contributed by atoms with Gasteiger partial charge in [0, 0.05) is 6.54 Å². The highest BCUT2D eigenvalue weighted by Crippen LogP contribution is 2.42. The number of hydrogen-bond donors (Lipinski definition) is 0. The number of halogens is 1. The number of hydrogen-bond acceptors (Lipinski definition) is 4. The molecule has 0 N–H and O–H groups in total. The summed E-state index contributed by atoms with van der Waals surface area (Å²) in [5.74, 6) is 1.46. The van der Waals surface area contributed by atoms with Gasteiger partial charge in [0.15, 0.2) is 0 Å². The number of likely N-dealkylation sites (tertiary alicyclic amines) is 1. The first-order valence-corrected chi connectivity index (χ1v) is 10.4. The molecule has 2 saturated heterocycles. The van der Waals surface area contributed by atoms with Gasteiger partial charge in [-0.2, -0.15) is 0 Å². The maximum absolute atomic E-state index is 11.6. The average molecular weight is 358 g/mol. The highest BCUT2D eigenvalue weighted by Gasteiger charge is 2.39. The summed E-state index contributed by atoms with van der Waals surface area (Å²) in [6.45, 7) is 2.84. The zero-order valence-corrected chi connectivity index (χ0v) is 15.1. The Hall–Kier alpha value is -0.780. The first-order chi connectivity index (χ1) is 10.9. The number of methoxy groups -OCH3 is 1. The molecule has 23 heavy (non-hydrogen) atoms. The van der Waals surface area contributed by atoms with Crippen LogP contribution in [0.4, 0.5) is 0 Å². The van der Waals surface area contributed by atoms with Crippen molar-refractivity contribution < 1.29 is 13.2 Å². The molecule has 0 bridgehead atoms. The zero-order chi connectivity index (χ0) is 16.5. The second-order valence-electron chi connectivity index (χ2n) is 6.86. The Labute approximate surface area is 143 Å². The van der Waals surface area contributed by atoms with Crippen molar-refractivity contribution in [3.63, 3.8) is 0 Å². The molecule has 2 heterocycles. The van der Waals surface area contributed by atoms with E-state index in [-0.39, 0.29) is 5.41 Å². The van der Waals surface area contributed by atoms with E-state index < -0.39 is 9.84 Å². The van der Waals surface area contributed by atoms with Crippen molar-refractivity contribution in [3.05, 3.63) is 28.8 Å². The van der Waals surface area contributed by atoms with E-state index in [4.69, 9.17) is 16.3 Å². The lowest BCUT2D eigenvalue weighted by molar-refractivity contribution is 0.0890. The van der Waals surface area contributed by atoms with Crippen LogP contribution < -0.4 is 4.74 Å². The summed E-state index contributed by atoms with van der Waals surface area (Å²) in [5.41, 5.74) is 1.34. The molecule has 4 nitrogen and oxygen atoms in total. The molecule has 6 heteroatoms. The van der Waals surface area contributed by atoms with Crippen LogP contribution in [0.15, 0.2) is 18.2 Å². The Bertz CT molecular complexity index is 650. The van der Waals surface area contributed by atoms with Crippen molar-refractivity contribution >= 4 is 21.4 Å². The van der Waals surface area contributed by atoms with E-state index in [1.807, 2.05) is 18.2 Å². The van der Waals surface area contributed by atoms with Crippen LogP contribution in [0, 0.1) is 5.41 Å². The predicted molar refractivity (Wildman–Crippen MR) is 92.8 cm³/mol. The van der Waals surface area contributed by atoms with Gasteiger partial charge in [-0.1, -0.05) is 23.7 Å². The molecule has 0 radical (unpaired) electrons. The molecule has 128 valence electrons. The van der Waals surface area contributed by atoms with Gasteiger partial charge in [0.1, 0.15) is 15.6 Å². The molecule has 0 aromatic heterocycles. The Morgan fingerprint density at radius 1 is 1.17 bits per heavy atom. The van der Waals surface area contributed by atoms with Crippen molar-refractivity contribution in [3.8, 4) is 5.75 Å². The van der Waals surface area contributed by atoms with Gasteiger partial charge in [0.05, 0.1) is 23.6 Å². The average Bonchev–Trinajstić information content (AvgIpc) is 2.55. The summed E-state index contributed by atoms with van der Waals surface area (Å²) in [4.78, 5) is 2.41. The summed E-state index contributed by atoms with van der Waals surface area (Å²) in [7, 11) is -1.15. The molecule has 2 fully saturated rings. The molecule has 0 unspecified atom stereocenters. The van der Waals surface area contributed by atoms with Crippen molar-refractivity contribution in [2.45, 2.75) is 32.2 Å². The van der Waals surface area contributed by atoms with Gasteiger partial charge in [0.2, 0.25) is 0 Å². The van der Waals surface area contributed by atoms with Crippen LogP contribution >= 0.6 is 11.6 Å². The van der Waals surface area contributed by atoms with Crippen LogP contribution in [0.25, 0.3) is 0 Å². The second-order valence-corrected chi connectivity index (χ2v) is 9.54. The molecular formula is C17H24ClNO3S. The molecule has 3 rings (SSSR count). The van der Waals surface area contributed by atoms with Crippen LogP contribution in [-0.2, 0) is 16.4 Å². The minimum Gasteiger partial charge on any atom is -0.495 e. The highest BCUT2D eigenvalue weighted by molar-refractivity contribution is 7.91. The maximum atomic E-state index is 11.6. The van der Waals surface area contributed by atoms with Gasteiger partial charge in [-0.3, -0.25) is 4.90 Å². The van der Waals surface area contributed by atoms with Gasteiger partial charge in [-0.05, 0) is 55.8 Å². The zero-order valence-electron chi connectivity index (χ0n) is 13.6. The van der Waals surface area contributed by atoms with Gasteiger partial charge < -0.3 is 4.74 Å². The Balaban J connectivity index is 1.60. The summed E-state index contributed by atoms with van der Waals surface area (Å²) >= 11 is 6.38. The first-order valence-electron chi connectivity index (χ1n) is 8.17. The third-order valence-electron chi connectivity index (χ3n) is 5.46. The molecule has 1 spiro atoms. The quantitative estimate of drug-likeness (QED) is 0.833. The van der Waals surface area contributed by atoms with Crippen LogP contribution in [0.5, 0.6) is 5.75 Å². The lowest BCUT2D eigenvalue weighted by Crippen LogP contribution is -2.43. The lowest BCUT2D eigenvalue weighted by Gasteiger charge is -2.44. The highest BCUT2D eigenvalue weighted by atomic mass is 35.5. The van der Waals surface area contributed by atoms with Gasteiger partial charge in [-0.15, -0.1) is 0 Å². The largest absolute Gasteiger partial charge is 0.495 e. The third-order valence-corrected chi connectivity index (χ3v) is 7.54. The summed E-state index contributed by atoms with van der Waals surface area (Å²) in [5, 5.41) is 0.694. The number of benzene rings is 1. The van der Waals surface area contributed by atoms with Crippen molar-refractivity contribution in [1.82, 2.24) is 4.90 Å². The number of sulfone groups is 1. The molecule has 0 aliphatic carbocycles. The van der Waals surface area contributed by atoms with E-state index in [0.717, 1.165) is 56.6 Å². The molecule has 2 aliphatic heterocycles. The van der Waals surface area contributed by atoms with E-state index >= 15 is 0 Å². The molecule has 1 aromatic carbocycles. The van der Waals surface area contributed by atoms with Crippen molar-refractivity contribution in [2.75, 3.05) is 31.7 Å². The summed E-state index contributed by atoms with van der Waals surface area (Å²) in [6, 6.07) is 5.89. The Kier molecular flexibility index (Phi) is 4.90. The first kappa shape index (κ1) is 17.1. The minimum absolute atomic E-state index is 0.250. The Morgan fingerprint density at radius 2 is 1.83 bits per heavy atom. The predicted octanol–water partition coefficient (Wildman–Crippen LogP) is 3.14. The number of piperidine rings is 1. The van der Waals surface area contributed by atoms with E-state index in [1.54, 1.807) is 7.11 Å². The van der Waals surface area contributed by atoms with E-state index in [0.29, 0.717) is 16.5 Å². The van der Waals surface area contributed by atoms with Crippen molar-refractivity contribution in [1.29, 1.82) is 0 Å². The van der Waals surface area contributed by atoms with Crippen LogP contribution in [0.2, 0.25) is 5.02 Å². The fourth-order valence-electron chi connectivity index (χ4n) is 3.73. The summed E-state index contributed by atoms with van der Waals surface area (Å²) in [6.07, 6.45) is 3.85. The normalized spacial score (nSPS) is 23.7. The minimum atomic E-state index is -2.78. The van der Waals surface area contributed by atoms with E-state index in [1.165, 1.54) is 0 Å². The van der Waals surface area contributed by atoms with Crippen molar-refractivity contribution in [2.24, 2.45) is 5.41 Å². The molecular weight excluding hydrogens is 334 g/mol. The Morgan fingerprint density at radius 3 is 2.43 bits per heavy atom. The molecule has 2 aliphatic rings. The molecule has 0 saturated carbocycles. The lowest BCUT2D eigenvalue weighted by atomic mass is 9.74. The van der Waals surface area contributed by atoms with Crippen LogP contribution in [0.1, 0.15) is 31.2 Å². The fraction of sp³-hybridized carbons (Fsp3) is 0.647. The second kappa shape index (κ2) is 6.61. The maximum Gasteiger partial charge on any atom is 0.150 e. The number of nitrogens with zero attached hydrogens (tertiary/aromatic N) is 1. The molecule has 1 aromatic rings. The summed E-state index contributed by atoms with van der Waals surface area (Å²) < 4.78 is 28.6. The van der Waals surface area contributed by atoms with E-state index in [9.17, 15) is 8.42 Å². The topological polar surface area (TPSA) is 46.6 Å². The SMILES string of the molecule is COc1cccc(CN2CCC3(CC2)CCS(=O)(=O)CC3)c1Cl.